The first-order chi connectivity index (χ1) is 10.4. The van der Waals surface area contributed by atoms with Crippen LogP contribution in [0.2, 0.25) is 0 Å². The molecule has 1 aromatic carbocycles. The summed E-state index contributed by atoms with van der Waals surface area (Å²) in [6, 6.07) is 4.74. The Morgan fingerprint density at radius 2 is 1.82 bits per heavy atom. The van der Waals surface area contributed by atoms with Crippen LogP contribution in [0.15, 0.2) is 45.8 Å². The molecule has 2 rings (SSSR count). The number of phenolic OH excluding ortho intramolecular Hbond substituents is 2. The van der Waals surface area contributed by atoms with E-state index >= 15 is 0 Å². The van der Waals surface area contributed by atoms with Crippen molar-refractivity contribution in [3.63, 3.8) is 0 Å². The van der Waals surface area contributed by atoms with Gasteiger partial charge in [-0.3, -0.25) is 9.59 Å². The van der Waals surface area contributed by atoms with Crippen LogP contribution in [0.1, 0.15) is 17.4 Å². The molecule has 0 saturated heterocycles. The van der Waals surface area contributed by atoms with Crippen molar-refractivity contribution < 1.29 is 29.6 Å². The van der Waals surface area contributed by atoms with Crippen molar-refractivity contribution in [2.45, 2.75) is 6.10 Å². The molecule has 0 aliphatic rings. The van der Waals surface area contributed by atoms with E-state index in [0.717, 1.165) is 18.4 Å². The van der Waals surface area contributed by atoms with Gasteiger partial charge in [0, 0.05) is 6.07 Å². The van der Waals surface area contributed by atoms with Gasteiger partial charge in [-0.2, -0.15) is 0 Å². The lowest BCUT2D eigenvalue weighted by molar-refractivity contribution is -0.123. The van der Waals surface area contributed by atoms with Crippen molar-refractivity contribution in [3.05, 3.63) is 58.2 Å². The van der Waals surface area contributed by atoms with E-state index in [-0.39, 0.29) is 17.3 Å². The molecule has 0 aliphatic heterocycles. The number of rotatable bonds is 4. The van der Waals surface area contributed by atoms with E-state index in [1.807, 2.05) is 0 Å². The van der Waals surface area contributed by atoms with Crippen LogP contribution in [0.25, 0.3) is 6.08 Å². The van der Waals surface area contributed by atoms with Gasteiger partial charge in [-0.05, 0) is 23.8 Å². The monoisotopic (exact) mass is 304 g/mol. The highest BCUT2D eigenvalue weighted by atomic mass is 16.4. The zero-order valence-corrected chi connectivity index (χ0v) is 11.1. The number of carbonyl (C=O) groups excluding carboxylic acids is 1. The van der Waals surface area contributed by atoms with Crippen LogP contribution in [0, 0.1) is 0 Å². The Morgan fingerprint density at radius 1 is 1.09 bits per heavy atom. The second-order valence-corrected chi connectivity index (χ2v) is 4.42. The van der Waals surface area contributed by atoms with Crippen molar-refractivity contribution in [1.82, 2.24) is 0 Å². The molecule has 22 heavy (non-hydrogen) atoms. The van der Waals surface area contributed by atoms with Crippen molar-refractivity contribution in [3.8, 4) is 17.2 Å². The van der Waals surface area contributed by atoms with Gasteiger partial charge in [-0.1, -0.05) is 12.1 Å². The maximum atomic E-state index is 11.8. The predicted molar refractivity (Wildman–Crippen MR) is 75.4 cm³/mol. The number of aromatic hydroxyl groups is 3. The van der Waals surface area contributed by atoms with Crippen molar-refractivity contribution in [1.29, 1.82) is 0 Å². The van der Waals surface area contributed by atoms with Gasteiger partial charge in [0.2, 0.25) is 5.43 Å². The van der Waals surface area contributed by atoms with Gasteiger partial charge >= 0.3 is 0 Å². The van der Waals surface area contributed by atoms with Gasteiger partial charge in [-0.15, -0.1) is 0 Å². The highest BCUT2D eigenvalue weighted by Gasteiger charge is 2.18. The minimum absolute atomic E-state index is 0.297. The lowest BCUT2D eigenvalue weighted by Crippen LogP contribution is -2.11. The molecule has 0 fully saturated rings. The molecule has 1 heterocycles. The Balaban J connectivity index is 2.16. The topological polar surface area (TPSA) is 128 Å². The van der Waals surface area contributed by atoms with Gasteiger partial charge in [0.25, 0.3) is 0 Å². The molecule has 1 unspecified atom stereocenters. The molecule has 1 atom stereocenters. The summed E-state index contributed by atoms with van der Waals surface area (Å²) in [7, 11) is 0. The standard InChI is InChI=1S/C15H12O7/c16-9-3-1-8(5-11(9)18)2-4-10(17)15(21)14-6-12(19)13(20)7-22-14/h1-7,15-16,18,20-21H/b4-2+. The number of benzene rings is 1. The second-order valence-electron chi connectivity index (χ2n) is 4.42. The van der Waals surface area contributed by atoms with Crippen LogP contribution in [0.4, 0.5) is 0 Å². The van der Waals surface area contributed by atoms with E-state index in [2.05, 4.69) is 0 Å². The fourth-order valence-corrected chi connectivity index (χ4v) is 1.62. The molecule has 0 aliphatic carbocycles. The smallest absolute Gasteiger partial charge is 0.226 e. The van der Waals surface area contributed by atoms with Gasteiger partial charge in [-0.25, -0.2) is 0 Å². The molecule has 7 nitrogen and oxygen atoms in total. The first kappa shape index (κ1) is 15.3. The van der Waals surface area contributed by atoms with E-state index in [4.69, 9.17) is 14.6 Å². The maximum absolute atomic E-state index is 11.8. The van der Waals surface area contributed by atoms with Gasteiger partial charge < -0.3 is 24.8 Å². The van der Waals surface area contributed by atoms with Crippen LogP contribution in [0.5, 0.6) is 17.2 Å². The number of aliphatic hydroxyl groups is 1. The number of hydrogen-bond donors (Lipinski definition) is 4. The molecule has 114 valence electrons. The summed E-state index contributed by atoms with van der Waals surface area (Å²) < 4.78 is 4.78. The normalized spacial score (nSPS) is 12.4. The third kappa shape index (κ3) is 3.33. The third-order valence-corrected chi connectivity index (χ3v) is 2.81. The summed E-state index contributed by atoms with van der Waals surface area (Å²) in [5, 5.41) is 37.3. The molecular weight excluding hydrogens is 292 g/mol. The number of phenols is 2. The van der Waals surface area contributed by atoms with E-state index in [1.54, 1.807) is 0 Å². The average molecular weight is 304 g/mol. The minimum Gasteiger partial charge on any atom is -0.504 e. The Kier molecular flexibility index (Phi) is 4.28. The van der Waals surface area contributed by atoms with E-state index in [0.29, 0.717) is 5.56 Å². The third-order valence-electron chi connectivity index (χ3n) is 2.81. The average Bonchev–Trinajstić information content (AvgIpc) is 2.50. The summed E-state index contributed by atoms with van der Waals surface area (Å²) in [4.78, 5) is 23.0. The summed E-state index contributed by atoms with van der Waals surface area (Å²) in [6.45, 7) is 0. The first-order valence-corrected chi connectivity index (χ1v) is 6.12. The maximum Gasteiger partial charge on any atom is 0.226 e. The molecule has 4 N–H and O–H groups in total. The molecule has 0 radical (unpaired) electrons. The SMILES string of the molecule is O=C(/C=C/c1ccc(O)c(O)c1)C(O)c1cc(=O)c(O)co1. The molecule has 0 saturated carbocycles. The highest BCUT2D eigenvalue weighted by molar-refractivity contribution is 5.97. The van der Waals surface area contributed by atoms with Gasteiger partial charge in [0.05, 0.1) is 0 Å². The van der Waals surface area contributed by atoms with E-state index < -0.39 is 23.1 Å². The van der Waals surface area contributed by atoms with Crippen molar-refractivity contribution >= 4 is 11.9 Å². The fraction of sp³-hybridized carbons (Fsp3) is 0.0667. The van der Waals surface area contributed by atoms with Crippen LogP contribution in [0.3, 0.4) is 0 Å². The van der Waals surface area contributed by atoms with Crippen LogP contribution in [-0.4, -0.2) is 26.2 Å². The van der Waals surface area contributed by atoms with Crippen LogP contribution in [-0.2, 0) is 4.79 Å². The van der Waals surface area contributed by atoms with Crippen LogP contribution >= 0.6 is 0 Å². The molecule has 2 aromatic rings. The fourth-order valence-electron chi connectivity index (χ4n) is 1.62. The predicted octanol–water partition coefficient (Wildman–Crippen LogP) is 1.07. The summed E-state index contributed by atoms with van der Waals surface area (Å²) >= 11 is 0. The highest BCUT2D eigenvalue weighted by Crippen LogP contribution is 2.25. The van der Waals surface area contributed by atoms with E-state index in [9.17, 15) is 19.8 Å². The zero-order valence-electron chi connectivity index (χ0n) is 11.1. The Hall–Kier alpha value is -3.06. The lowest BCUT2D eigenvalue weighted by Gasteiger charge is -2.05. The molecule has 7 heteroatoms. The van der Waals surface area contributed by atoms with Crippen molar-refractivity contribution in [2.24, 2.45) is 0 Å². The van der Waals surface area contributed by atoms with Crippen molar-refractivity contribution in [2.75, 3.05) is 0 Å². The number of hydrogen-bond acceptors (Lipinski definition) is 7. The Morgan fingerprint density at radius 3 is 2.45 bits per heavy atom. The minimum atomic E-state index is -1.70. The zero-order chi connectivity index (χ0) is 16.3. The number of aliphatic hydroxyl groups excluding tert-OH is 1. The van der Waals surface area contributed by atoms with Crippen LogP contribution < -0.4 is 5.43 Å². The van der Waals surface area contributed by atoms with E-state index in [1.165, 1.54) is 24.3 Å². The number of carbonyl (C=O) groups is 1. The molecular formula is C15H12O7. The number of ketones is 1. The lowest BCUT2D eigenvalue weighted by atomic mass is 10.1. The quantitative estimate of drug-likeness (QED) is 0.491. The molecule has 0 bridgehead atoms. The Bertz CT molecular complexity index is 789. The molecule has 0 amide bonds. The summed E-state index contributed by atoms with van der Waals surface area (Å²) in [6.07, 6.45) is 1.37. The summed E-state index contributed by atoms with van der Waals surface area (Å²) in [5.41, 5.74) is -0.358. The van der Waals surface area contributed by atoms with Gasteiger partial charge in [0.1, 0.15) is 12.0 Å². The molecule has 0 spiro atoms. The largest absolute Gasteiger partial charge is 0.504 e. The second kappa shape index (κ2) is 6.15. The Labute approximate surface area is 124 Å². The van der Waals surface area contributed by atoms with Gasteiger partial charge in [0.15, 0.2) is 29.1 Å². The first-order valence-electron chi connectivity index (χ1n) is 6.12. The molecule has 1 aromatic heterocycles. The summed E-state index contributed by atoms with van der Waals surface area (Å²) in [5.74, 6) is -2.33.